The summed E-state index contributed by atoms with van der Waals surface area (Å²) in [5.74, 6) is -1.07. The molecular formula is C28H30N2O4. The lowest BCUT2D eigenvalue weighted by molar-refractivity contribution is -0.140. The molecule has 2 unspecified atom stereocenters. The SMILES string of the molecule is CCCC(c1ccccc1)C(CC)COC(=O)C(C#N)=Cc1ccccc1.N#CC=CC(=O)O. The molecule has 2 atom stereocenters. The van der Waals surface area contributed by atoms with E-state index in [0.29, 0.717) is 12.5 Å². The minimum absolute atomic E-state index is 0.0304. The summed E-state index contributed by atoms with van der Waals surface area (Å²) in [5, 5.41) is 24.9. The van der Waals surface area contributed by atoms with Gasteiger partial charge in [0, 0.05) is 12.2 Å². The highest BCUT2D eigenvalue weighted by Gasteiger charge is 2.23. The Morgan fingerprint density at radius 1 is 1.03 bits per heavy atom. The van der Waals surface area contributed by atoms with Crippen molar-refractivity contribution in [2.24, 2.45) is 5.92 Å². The Morgan fingerprint density at radius 2 is 1.65 bits per heavy atom. The molecule has 6 heteroatoms. The van der Waals surface area contributed by atoms with Crippen molar-refractivity contribution in [2.75, 3.05) is 6.61 Å². The molecule has 1 N–H and O–H groups in total. The Kier molecular flexibility index (Phi) is 13.5. The number of allylic oxidation sites excluding steroid dienone is 1. The van der Waals surface area contributed by atoms with Gasteiger partial charge in [-0.25, -0.2) is 9.59 Å². The van der Waals surface area contributed by atoms with Crippen LogP contribution < -0.4 is 0 Å². The van der Waals surface area contributed by atoms with E-state index < -0.39 is 11.9 Å². The van der Waals surface area contributed by atoms with Crippen LogP contribution in [0.15, 0.2) is 78.4 Å². The first-order valence-corrected chi connectivity index (χ1v) is 11.1. The van der Waals surface area contributed by atoms with Crippen molar-refractivity contribution in [1.29, 1.82) is 10.5 Å². The molecule has 0 amide bonds. The summed E-state index contributed by atoms with van der Waals surface area (Å²) in [7, 11) is 0. The minimum atomic E-state index is -1.10. The van der Waals surface area contributed by atoms with Crippen LogP contribution in [0.2, 0.25) is 0 Å². The second kappa shape index (κ2) is 16.5. The van der Waals surface area contributed by atoms with E-state index in [0.717, 1.165) is 37.0 Å². The normalized spacial score (nSPS) is 12.4. The summed E-state index contributed by atoms with van der Waals surface area (Å²) < 4.78 is 5.54. The zero-order chi connectivity index (χ0) is 25.2. The lowest BCUT2D eigenvalue weighted by Gasteiger charge is -2.26. The number of hydrogen-bond donors (Lipinski definition) is 1. The first kappa shape index (κ1) is 27.9. The van der Waals surface area contributed by atoms with E-state index in [-0.39, 0.29) is 11.5 Å². The Hall–Kier alpha value is -4.16. The molecule has 0 saturated carbocycles. The highest BCUT2D eigenvalue weighted by atomic mass is 16.5. The van der Waals surface area contributed by atoms with E-state index in [1.807, 2.05) is 54.6 Å². The van der Waals surface area contributed by atoms with Gasteiger partial charge in [0.1, 0.15) is 11.6 Å². The van der Waals surface area contributed by atoms with Gasteiger partial charge in [-0.1, -0.05) is 80.9 Å². The maximum absolute atomic E-state index is 12.4. The molecule has 176 valence electrons. The fraction of sp³-hybridized carbons (Fsp3) is 0.286. The molecule has 0 radical (unpaired) electrons. The lowest BCUT2D eigenvalue weighted by Crippen LogP contribution is -2.21. The molecule has 0 saturated heterocycles. The van der Waals surface area contributed by atoms with Crippen LogP contribution in [0.4, 0.5) is 0 Å². The predicted molar refractivity (Wildman–Crippen MR) is 131 cm³/mol. The standard InChI is InChI=1S/C24H27NO2.C4H3NO2/c1-3-11-23(21-14-9-6-10-15-21)20(4-2)18-27-24(26)22(17-25)16-19-12-7-5-8-13-19;5-3-1-2-4(6)7/h5-10,12-16,20,23H,3-4,11,18H2,1-2H3;1-2H,(H,6,7). The van der Waals surface area contributed by atoms with Crippen LogP contribution >= 0.6 is 0 Å². The summed E-state index contributed by atoms with van der Waals surface area (Å²) in [6.07, 6.45) is 6.29. The fourth-order valence-electron chi connectivity index (χ4n) is 3.43. The summed E-state index contributed by atoms with van der Waals surface area (Å²) in [5.41, 5.74) is 2.12. The van der Waals surface area contributed by atoms with Crippen LogP contribution in [0, 0.1) is 28.6 Å². The smallest absolute Gasteiger partial charge is 0.348 e. The number of nitrogens with zero attached hydrogens (tertiary/aromatic N) is 2. The van der Waals surface area contributed by atoms with Gasteiger partial charge < -0.3 is 9.84 Å². The van der Waals surface area contributed by atoms with Gasteiger partial charge >= 0.3 is 11.9 Å². The second-order valence-electron chi connectivity index (χ2n) is 7.45. The monoisotopic (exact) mass is 458 g/mol. The molecular weight excluding hydrogens is 428 g/mol. The first-order chi connectivity index (χ1) is 16.5. The number of benzene rings is 2. The number of carbonyl (C=O) groups is 2. The highest BCUT2D eigenvalue weighted by Crippen LogP contribution is 2.32. The number of carbonyl (C=O) groups excluding carboxylic acids is 1. The third-order valence-electron chi connectivity index (χ3n) is 5.10. The number of aliphatic carboxylic acids is 1. The molecule has 0 heterocycles. The number of nitriles is 2. The summed E-state index contributed by atoms with van der Waals surface area (Å²) in [6, 6.07) is 23.2. The fourth-order valence-corrected chi connectivity index (χ4v) is 3.43. The molecule has 2 aromatic rings. The molecule has 0 aliphatic rings. The van der Waals surface area contributed by atoms with Crippen LogP contribution in [0.1, 0.15) is 50.2 Å². The summed E-state index contributed by atoms with van der Waals surface area (Å²) in [6.45, 7) is 4.61. The predicted octanol–water partition coefficient (Wildman–Crippen LogP) is 5.90. The molecule has 0 aliphatic carbocycles. The largest absolute Gasteiger partial charge is 0.478 e. The van der Waals surface area contributed by atoms with Gasteiger partial charge in [-0.05, 0) is 41.9 Å². The van der Waals surface area contributed by atoms with Crippen LogP contribution in [-0.2, 0) is 14.3 Å². The van der Waals surface area contributed by atoms with Crippen molar-refractivity contribution >= 4 is 18.0 Å². The van der Waals surface area contributed by atoms with Gasteiger partial charge in [0.15, 0.2) is 0 Å². The maximum Gasteiger partial charge on any atom is 0.348 e. The molecule has 0 aromatic heterocycles. The van der Waals surface area contributed by atoms with Crippen molar-refractivity contribution < 1.29 is 19.4 Å². The van der Waals surface area contributed by atoms with Crippen molar-refractivity contribution in [3.05, 3.63) is 89.5 Å². The maximum atomic E-state index is 12.4. The van der Waals surface area contributed by atoms with Gasteiger partial charge in [-0.3, -0.25) is 0 Å². The Balaban J connectivity index is 0.000000718. The second-order valence-corrected chi connectivity index (χ2v) is 7.45. The topological polar surface area (TPSA) is 111 Å². The number of carboxylic acid groups (broad SMARTS) is 1. The van der Waals surface area contributed by atoms with Gasteiger partial charge in [-0.15, -0.1) is 0 Å². The van der Waals surface area contributed by atoms with E-state index in [1.54, 1.807) is 6.08 Å². The molecule has 0 bridgehead atoms. The third-order valence-corrected chi connectivity index (χ3v) is 5.10. The number of hydrogen-bond acceptors (Lipinski definition) is 5. The van der Waals surface area contributed by atoms with Crippen LogP contribution in [-0.4, -0.2) is 23.7 Å². The molecule has 6 nitrogen and oxygen atoms in total. The molecule has 2 aromatic carbocycles. The number of rotatable bonds is 10. The zero-order valence-corrected chi connectivity index (χ0v) is 19.6. The third kappa shape index (κ3) is 10.4. The number of carboxylic acids is 1. The van der Waals surface area contributed by atoms with Crippen LogP contribution in [0.5, 0.6) is 0 Å². The first-order valence-electron chi connectivity index (χ1n) is 11.1. The number of ether oxygens (including phenoxy) is 1. The van der Waals surface area contributed by atoms with Crippen molar-refractivity contribution in [3.63, 3.8) is 0 Å². The van der Waals surface area contributed by atoms with Gasteiger partial charge in [0.25, 0.3) is 0 Å². The quantitative estimate of drug-likeness (QED) is 0.270. The van der Waals surface area contributed by atoms with Gasteiger partial charge in [0.05, 0.1) is 12.7 Å². The van der Waals surface area contributed by atoms with E-state index in [2.05, 4.69) is 26.0 Å². The average molecular weight is 459 g/mol. The zero-order valence-electron chi connectivity index (χ0n) is 19.6. The van der Waals surface area contributed by atoms with Crippen molar-refractivity contribution in [3.8, 4) is 12.1 Å². The van der Waals surface area contributed by atoms with E-state index in [4.69, 9.17) is 15.1 Å². The minimum Gasteiger partial charge on any atom is -0.478 e. The van der Waals surface area contributed by atoms with Crippen molar-refractivity contribution in [2.45, 2.75) is 39.0 Å². The Labute approximate surface area is 201 Å². The highest BCUT2D eigenvalue weighted by molar-refractivity contribution is 5.97. The Morgan fingerprint density at radius 3 is 2.12 bits per heavy atom. The summed E-state index contributed by atoms with van der Waals surface area (Å²) in [4.78, 5) is 21.9. The Bertz CT molecular complexity index is 1030. The molecule has 34 heavy (non-hydrogen) atoms. The average Bonchev–Trinajstić information content (AvgIpc) is 2.87. The van der Waals surface area contributed by atoms with E-state index in [9.17, 15) is 14.9 Å². The molecule has 2 rings (SSSR count). The molecule has 0 aliphatic heterocycles. The van der Waals surface area contributed by atoms with E-state index in [1.165, 1.54) is 11.6 Å². The lowest BCUT2D eigenvalue weighted by atomic mass is 9.82. The number of esters is 1. The van der Waals surface area contributed by atoms with Gasteiger partial charge in [-0.2, -0.15) is 10.5 Å². The summed E-state index contributed by atoms with van der Waals surface area (Å²) >= 11 is 0. The van der Waals surface area contributed by atoms with Crippen LogP contribution in [0.3, 0.4) is 0 Å². The molecule has 0 spiro atoms. The van der Waals surface area contributed by atoms with Crippen molar-refractivity contribution in [1.82, 2.24) is 0 Å². The molecule has 0 fully saturated rings. The van der Waals surface area contributed by atoms with Gasteiger partial charge in [0.2, 0.25) is 0 Å². The van der Waals surface area contributed by atoms with Crippen LogP contribution in [0.25, 0.3) is 6.08 Å². The van der Waals surface area contributed by atoms with E-state index >= 15 is 0 Å².